The summed E-state index contributed by atoms with van der Waals surface area (Å²) >= 11 is 6.69. The summed E-state index contributed by atoms with van der Waals surface area (Å²) in [6.45, 7) is 22.6. The van der Waals surface area contributed by atoms with E-state index in [-0.39, 0.29) is 41.6 Å². The number of amides is 3. The standard InChI is InChI=1S/C50H61ClN4O9/c1-47(2,3)37-18-14-16-33(28-37)31-55(30-32-15-13-17-36(27-32)43(58)62-48(4,5)6)41(56)26-22-34-21-25-39(29-40(34)51)61-42(57)35-19-23-38(24-20-35)52-44(53-45(59)63-49(7,8)9)54-46(60)64-50(10,11)12/h13-21,23-25,27-29H,22,26,30-31H2,1-12H3,(H2,52,53,54,59,60). The van der Waals surface area contributed by atoms with E-state index >= 15 is 0 Å². The molecule has 0 saturated carbocycles. The minimum absolute atomic E-state index is 0.0821. The van der Waals surface area contributed by atoms with Crippen LogP contribution in [0.25, 0.3) is 0 Å². The maximum atomic E-state index is 14.0. The van der Waals surface area contributed by atoms with Gasteiger partial charge in [0.15, 0.2) is 0 Å². The Morgan fingerprint density at radius 2 is 1.23 bits per heavy atom. The first kappa shape index (κ1) is 50.4. The number of hydrogen-bond donors (Lipinski definition) is 2. The molecule has 64 heavy (non-hydrogen) atoms. The van der Waals surface area contributed by atoms with Crippen molar-refractivity contribution in [3.05, 3.63) is 129 Å². The molecule has 14 heteroatoms. The average molecular weight is 898 g/mol. The van der Waals surface area contributed by atoms with E-state index in [9.17, 15) is 24.0 Å². The minimum Gasteiger partial charge on any atom is -0.456 e. The Balaban J connectivity index is 1.45. The van der Waals surface area contributed by atoms with E-state index in [4.69, 9.17) is 30.5 Å². The fourth-order valence-electron chi connectivity index (χ4n) is 5.99. The van der Waals surface area contributed by atoms with Crippen molar-refractivity contribution in [3.8, 4) is 5.75 Å². The van der Waals surface area contributed by atoms with Crippen molar-refractivity contribution in [2.75, 3.05) is 5.32 Å². The van der Waals surface area contributed by atoms with Gasteiger partial charge in [-0.3, -0.25) is 10.1 Å². The van der Waals surface area contributed by atoms with Crippen molar-refractivity contribution < 1.29 is 42.9 Å². The number of aryl methyl sites for hydroxylation is 1. The molecule has 4 aromatic carbocycles. The molecule has 0 atom stereocenters. The first-order valence-corrected chi connectivity index (χ1v) is 21.4. The summed E-state index contributed by atoms with van der Waals surface area (Å²) in [5, 5.41) is 5.57. The number of anilines is 1. The summed E-state index contributed by atoms with van der Waals surface area (Å²) < 4.78 is 21.8. The van der Waals surface area contributed by atoms with Gasteiger partial charge in [0.1, 0.15) is 22.6 Å². The van der Waals surface area contributed by atoms with Crippen LogP contribution in [-0.2, 0) is 43.9 Å². The highest BCUT2D eigenvalue weighted by Gasteiger charge is 2.23. The van der Waals surface area contributed by atoms with E-state index in [1.165, 1.54) is 30.3 Å². The van der Waals surface area contributed by atoms with Crippen LogP contribution in [0.5, 0.6) is 5.75 Å². The van der Waals surface area contributed by atoms with Crippen molar-refractivity contribution in [1.82, 2.24) is 10.2 Å². The van der Waals surface area contributed by atoms with Gasteiger partial charge in [-0.15, -0.1) is 4.99 Å². The second-order valence-electron chi connectivity index (χ2n) is 19.3. The van der Waals surface area contributed by atoms with Gasteiger partial charge in [-0.2, -0.15) is 0 Å². The maximum Gasteiger partial charge on any atom is 0.437 e. The quantitative estimate of drug-likeness (QED) is 0.0487. The van der Waals surface area contributed by atoms with Gasteiger partial charge in [-0.25, -0.2) is 19.2 Å². The number of nitrogens with one attached hydrogen (secondary N) is 2. The lowest BCUT2D eigenvalue weighted by Gasteiger charge is -2.25. The maximum absolute atomic E-state index is 14.0. The van der Waals surface area contributed by atoms with Gasteiger partial charge < -0.3 is 29.2 Å². The van der Waals surface area contributed by atoms with Crippen LogP contribution in [0.2, 0.25) is 5.02 Å². The Morgan fingerprint density at radius 3 is 1.81 bits per heavy atom. The normalized spacial score (nSPS) is 12.2. The lowest BCUT2D eigenvalue weighted by Crippen LogP contribution is -2.40. The van der Waals surface area contributed by atoms with Crippen molar-refractivity contribution in [3.63, 3.8) is 0 Å². The number of guanidine groups is 1. The molecular formula is C50H61ClN4O9. The first-order valence-electron chi connectivity index (χ1n) is 21.0. The third-order valence-electron chi connectivity index (χ3n) is 8.90. The molecule has 0 heterocycles. The lowest BCUT2D eigenvalue weighted by atomic mass is 9.86. The molecule has 0 aliphatic carbocycles. The van der Waals surface area contributed by atoms with Gasteiger partial charge in [-0.05, 0) is 145 Å². The zero-order valence-corrected chi connectivity index (χ0v) is 39.7. The Labute approximate surface area is 381 Å². The number of alkyl carbamates (subject to hydrolysis) is 1. The number of rotatable bonds is 11. The SMILES string of the molecule is CC(C)(C)OC(=O)/N=C(/NC(=O)OC(C)(C)C)Nc1ccc(C(=O)Oc2ccc(CCC(=O)N(Cc3cccc(C(=O)OC(C)(C)C)c3)Cc3cccc(C(C)(C)C)c3)c(Cl)c2)cc1. The van der Waals surface area contributed by atoms with Crippen LogP contribution >= 0.6 is 11.6 Å². The number of aliphatic imine (C=N–C) groups is 1. The summed E-state index contributed by atoms with van der Waals surface area (Å²) in [7, 11) is 0. The van der Waals surface area contributed by atoms with Crippen LogP contribution in [0.1, 0.15) is 132 Å². The number of ether oxygens (including phenoxy) is 4. The number of esters is 2. The molecule has 3 amide bonds. The zero-order valence-electron chi connectivity index (χ0n) is 38.9. The third kappa shape index (κ3) is 17.2. The highest BCUT2D eigenvalue weighted by Crippen LogP contribution is 2.27. The molecule has 0 aliphatic rings. The van der Waals surface area contributed by atoms with Crippen molar-refractivity contribution in [1.29, 1.82) is 0 Å². The molecule has 2 N–H and O–H groups in total. The van der Waals surface area contributed by atoms with Gasteiger partial charge in [0.25, 0.3) is 0 Å². The van der Waals surface area contributed by atoms with E-state index < -0.39 is 40.9 Å². The fourth-order valence-corrected chi connectivity index (χ4v) is 6.26. The van der Waals surface area contributed by atoms with Crippen LogP contribution in [0.3, 0.4) is 0 Å². The Kier molecular flexibility index (Phi) is 16.5. The molecule has 4 rings (SSSR count). The predicted octanol–water partition coefficient (Wildman–Crippen LogP) is 11.2. The predicted molar refractivity (Wildman–Crippen MR) is 249 cm³/mol. The van der Waals surface area contributed by atoms with Crippen LogP contribution in [0.4, 0.5) is 15.3 Å². The van der Waals surface area contributed by atoms with Gasteiger partial charge in [-0.1, -0.05) is 74.8 Å². The summed E-state index contributed by atoms with van der Waals surface area (Å²) in [6.07, 6.45) is -1.33. The summed E-state index contributed by atoms with van der Waals surface area (Å²) in [5.41, 5.74) is 2.21. The smallest absolute Gasteiger partial charge is 0.437 e. The molecule has 0 unspecified atom stereocenters. The highest BCUT2D eigenvalue weighted by atomic mass is 35.5. The van der Waals surface area contributed by atoms with Gasteiger partial charge in [0.2, 0.25) is 11.9 Å². The van der Waals surface area contributed by atoms with Crippen molar-refractivity contribution in [2.24, 2.45) is 4.99 Å². The summed E-state index contributed by atoms with van der Waals surface area (Å²) in [4.78, 5) is 70.6. The number of benzene rings is 4. The number of carbonyl (C=O) groups excluding carboxylic acids is 5. The lowest BCUT2D eigenvalue weighted by molar-refractivity contribution is -0.132. The first-order chi connectivity index (χ1) is 29.6. The Hall–Kier alpha value is -6.21. The van der Waals surface area contributed by atoms with Crippen LogP contribution in [0.15, 0.2) is 96.0 Å². The molecule has 0 bridgehead atoms. The summed E-state index contributed by atoms with van der Waals surface area (Å²) in [6, 6.07) is 26.2. The molecule has 0 aromatic heterocycles. The molecule has 342 valence electrons. The number of halogens is 1. The molecule has 0 radical (unpaired) electrons. The summed E-state index contributed by atoms with van der Waals surface area (Å²) in [5.74, 6) is -1.27. The number of hydrogen-bond acceptors (Lipinski definition) is 9. The molecule has 13 nitrogen and oxygen atoms in total. The van der Waals surface area contributed by atoms with E-state index in [1.54, 1.807) is 76.8 Å². The monoisotopic (exact) mass is 896 g/mol. The van der Waals surface area contributed by atoms with Gasteiger partial charge >= 0.3 is 24.1 Å². The topological polar surface area (TPSA) is 162 Å². The Bertz CT molecular complexity index is 2350. The molecule has 0 fully saturated rings. The fraction of sp³-hybridized carbons (Fsp3) is 0.400. The van der Waals surface area contributed by atoms with Crippen LogP contribution in [0, 0.1) is 0 Å². The zero-order chi connectivity index (χ0) is 47.6. The molecular weight excluding hydrogens is 836 g/mol. The van der Waals surface area contributed by atoms with E-state index in [2.05, 4.69) is 48.5 Å². The highest BCUT2D eigenvalue weighted by molar-refractivity contribution is 6.31. The largest absolute Gasteiger partial charge is 0.456 e. The second-order valence-corrected chi connectivity index (χ2v) is 19.7. The van der Waals surface area contributed by atoms with Gasteiger partial charge in [0, 0.05) is 30.2 Å². The number of carbonyl (C=O) groups is 5. The molecule has 4 aromatic rings. The van der Waals surface area contributed by atoms with Crippen LogP contribution in [-0.4, -0.2) is 57.7 Å². The third-order valence-corrected chi connectivity index (χ3v) is 9.25. The molecule has 0 saturated heterocycles. The second kappa shape index (κ2) is 21.0. The van der Waals surface area contributed by atoms with Crippen LogP contribution < -0.4 is 15.4 Å². The Morgan fingerprint density at radius 1 is 0.641 bits per heavy atom. The average Bonchev–Trinajstić information content (AvgIpc) is 3.15. The van der Waals surface area contributed by atoms with Crippen molar-refractivity contribution in [2.45, 2.75) is 131 Å². The van der Waals surface area contributed by atoms with E-state index in [0.29, 0.717) is 34.8 Å². The molecule has 0 aliphatic heterocycles. The number of nitrogens with zero attached hydrogens (tertiary/aromatic N) is 2. The molecule has 0 spiro atoms. The minimum atomic E-state index is -0.943. The van der Waals surface area contributed by atoms with E-state index in [0.717, 1.165) is 16.7 Å². The van der Waals surface area contributed by atoms with E-state index in [1.807, 2.05) is 39.0 Å². The van der Waals surface area contributed by atoms with Crippen molar-refractivity contribution >= 4 is 53.3 Å². The van der Waals surface area contributed by atoms with Gasteiger partial charge in [0.05, 0.1) is 11.1 Å².